The molecule has 2 fully saturated rings. The fourth-order valence-corrected chi connectivity index (χ4v) is 6.61. The molecular weight excluding hydrogens is 532 g/mol. The molecule has 0 aliphatic carbocycles. The Morgan fingerprint density at radius 3 is 2.89 bits per heavy atom. The monoisotopic (exact) mass is 549 g/mol. The number of aryl methyl sites for hydroxylation is 1. The number of amides is 2. The van der Waals surface area contributed by atoms with Crippen LogP contribution in [0, 0.1) is 5.41 Å². The molecule has 2 amide bonds. The van der Waals surface area contributed by atoms with Crippen molar-refractivity contribution < 1.29 is 33.1 Å². The number of halogens is 2. The van der Waals surface area contributed by atoms with E-state index < -0.39 is 46.9 Å². The summed E-state index contributed by atoms with van der Waals surface area (Å²) >= 11 is 3.30. The summed E-state index contributed by atoms with van der Waals surface area (Å²) in [6.07, 6.45) is 0. The molecule has 4 heterocycles. The predicted octanol–water partition coefficient (Wildman–Crippen LogP) is -0.545. The molecule has 2 aliphatic heterocycles. The van der Waals surface area contributed by atoms with Gasteiger partial charge in [0.15, 0.2) is 10.8 Å². The zero-order valence-corrected chi connectivity index (χ0v) is 20.1. The Kier molecular flexibility index (Phi) is 7.08. The van der Waals surface area contributed by atoms with Crippen molar-refractivity contribution in [2.45, 2.75) is 23.2 Å². The van der Waals surface area contributed by atoms with Crippen LogP contribution in [0.25, 0.3) is 0 Å². The number of hydrogen-bond acceptors (Lipinski definition) is 13. The number of rotatable bonds is 9. The molecule has 2 aliphatic rings. The van der Waals surface area contributed by atoms with E-state index in [0.29, 0.717) is 5.16 Å². The number of thioether (sulfide) groups is 2. The Morgan fingerprint density at radius 2 is 2.29 bits per heavy atom. The van der Waals surface area contributed by atoms with E-state index in [0.717, 1.165) is 23.1 Å². The van der Waals surface area contributed by atoms with E-state index in [2.05, 4.69) is 35.8 Å². The van der Waals surface area contributed by atoms with Gasteiger partial charge in [-0.2, -0.15) is 8.78 Å². The summed E-state index contributed by atoms with van der Waals surface area (Å²) in [5.41, 5.74) is 3.61. The number of aromatic nitrogens is 5. The van der Waals surface area contributed by atoms with Gasteiger partial charge in [-0.3, -0.25) is 14.4 Å². The van der Waals surface area contributed by atoms with E-state index in [1.54, 1.807) is 7.05 Å². The summed E-state index contributed by atoms with van der Waals surface area (Å²) in [5, 5.41) is 27.9. The first-order valence-corrected chi connectivity index (χ1v) is 12.6. The Morgan fingerprint density at radius 1 is 1.51 bits per heavy atom. The molecule has 2 unspecified atom stereocenters. The number of carbonyl (C=O) groups is 3. The Hall–Kier alpha value is -3.06. The van der Waals surface area contributed by atoms with Gasteiger partial charge >= 0.3 is 12.6 Å². The maximum atomic E-state index is 12.8. The van der Waals surface area contributed by atoms with Crippen LogP contribution in [0.3, 0.4) is 0 Å². The number of β-lactam (4-membered cyclic amide) rings is 1. The lowest BCUT2D eigenvalue weighted by Gasteiger charge is -2.53. The third-order valence-corrected chi connectivity index (χ3v) is 8.71. The van der Waals surface area contributed by atoms with Crippen LogP contribution in [-0.4, -0.2) is 94.8 Å². The minimum atomic E-state index is -3.28. The minimum Gasteiger partial charge on any atom is -0.481 e. The number of nitrogens with zero attached hydrogens (tertiary/aromatic N) is 7. The minimum absolute atomic E-state index is 0.0752. The highest BCUT2D eigenvalue weighted by atomic mass is 32.2. The highest BCUT2D eigenvalue weighted by Gasteiger charge is 2.57. The van der Waals surface area contributed by atoms with Crippen molar-refractivity contribution >= 4 is 63.5 Å². The van der Waals surface area contributed by atoms with Crippen molar-refractivity contribution in [1.29, 1.82) is 0 Å². The second-order valence-corrected chi connectivity index (χ2v) is 10.4. The number of nitrogens with one attached hydrogen (secondary N) is 1. The summed E-state index contributed by atoms with van der Waals surface area (Å²) in [5.74, 6) is -2.29. The molecular formula is C16H17F2N9O5S3. The fourth-order valence-electron chi connectivity index (χ4n) is 3.36. The van der Waals surface area contributed by atoms with Crippen LogP contribution in [-0.2, 0) is 26.3 Å². The summed E-state index contributed by atoms with van der Waals surface area (Å²) in [6, 6.07) is -1.01. The molecule has 4 rings (SSSR count). The first-order chi connectivity index (χ1) is 16.6. The first kappa shape index (κ1) is 25.0. The van der Waals surface area contributed by atoms with E-state index in [1.165, 1.54) is 26.7 Å². The standard InChI is InChI=1S/C16H17F2N9O5S3/c1-26-15(22-24-25-26)35-5-16(12(30)31)3-27-10(29)8(11(27)34-4-16)21-9(28)7(23-32-13(17)18)6-2-33-14(19)20-6/h2,8,11,13H,3-5H2,1H3,(H2,19,20)(H,21,28)(H,30,31)/t8?,11-,16?/m1/s1. The lowest BCUT2D eigenvalue weighted by Crippen LogP contribution is -2.74. The number of alkyl halides is 2. The van der Waals surface area contributed by atoms with Crippen LogP contribution in [0.15, 0.2) is 15.7 Å². The Balaban J connectivity index is 1.44. The lowest BCUT2D eigenvalue weighted by molar-refractivity contribution is -0.157. The summed E-state index contributed by atoms with van der Waals surface area (Å²) < 4.78 is 26.4. The normalized spacial score (nSPS) is 24.2. The number of aliphatic carboxylic acids is 1. The average molecular weight is 550 g/mol. The molecule has 4 N–H and O–H groups in total. The highest BCUT2D eigenvalue weighted by Crippen LogP contribution is 2.44. The van der Waals surface area contributed by atoms with Crippen LogP contribution >= 0.6 is 34.9 Å². The van der Waals surface area contributed by atoms with Crippen LogP contribution < -0.4 is 11.1 Å². The maximum absolute atomic E-state index is 12.8. The van der Waals surface area contributed by atoms with Crippen molar-refractivity contribution in [3.63, 3.8) is 0 Å². The smallest absolute Gasteiger partial charge is 0.407 e. The summed E-state index contributed by atoms with van der Waals surface area (Å²) in [6.45, 7) is -3.36. The average Bonchev–Trinajstić information content (AvgIpc) is 3.43. The van der Waals surface area contributed by atoms with E-state index in [1.807, 2.05) is 0 Å². The SMILES string of the molecule is Cn1nnnc1SCC1(C(=O)O)CS[C@@H]2C(NC(=O)C(=NOC(F)F)c3csc(N)n3)C(=O)N2C1. The largest absolute Gasteiger partial charge is 0.481 e. The number of oxime groups is 1. The number of fused-ring (bicyclic) bond motifs is 1. The van der Waals surface area contributed by atoms with Gasteiger partial charge in [-0.1, -0.05) is 16.9 Å². The van der Waals surface area contributed by atoms with Crippen LogP contribution in [0.1, 0.15) is 5.69 Å². The zero-order chi connectivity index (χ0) is 25.3. The number of anilines is 1. The third kappa shape index (κ3) is 5.01. The lowest BCUT2D eigenvalue weighted by atomic mass is 9.89. The number of nitrogens with two attached hydrogens (primary N) is 1. The topological polar surface area (TPSA) is 191 Å². The molecule has 0 aromatic carbocycles. The second-order valence-electron chi connectivity index (χ2n) is 7.46. The molecule has 0 radical (unpaired) electrons. The molecule has 3 atom stereocenters. The zero-order valence-electron chi connectivity index (χ0n) is 17.7. The molecule has 0 saturated carbocycles. The number of carbonyl (C=O) groups excluding carboxylic acids is 2. The number of hydrogen-bond donors (Lipinski definition) is 3. The molecule has 19 heteroatoms. The van der Waals surface area contributed by atoms with Gasteiger partial charge in [-0.05, 0) is 10.4 Å². The quantitative estimate of drug-likeness (QED) is 0.157. The van der Waals surface area contributed by atoms with Gasteiger partial charge < -0.3 is 25.9 Å². The Bertz CT molecular complexity index is 1180. The number of carboxylic acid groups (broad SMARTS) is 1. The summed E-state index contributed by atoms with van der Waals surface area (Å²) in [4.78, 5) is 46.8. The number of tetrazole rings is 1. The van der Waals surface area contributed by atoms with Crippen LogP contribution in [0.5, 0.6) is 0 Å². The molecule has 2 aromatic heterocycles. The first-order valence-electron chi connectivity index (χ1n) is 9.66. The van der Waals surface area contributed by atoms with Gasteiger partial charge in [0.05, 0.1) is 0 Å². The van der Waals surface area contributed by atoms with Crippen molar-refractivity contribution in [3.05, 3.63) is 11.1 Å². The molecule has 0 bridgehead atoms. The van der Waals surface area contributed by atoms with Crippen LogP contribution in [0.4, 0.5) is 13.9 Å². The summed E-state index contributed by atoms with van der Waals surface area (Å²) in [7, 11) is 1.62. The number of nitrogen functional groups attached to an aromatic ring is 1. The van der Waals surface area contributed by atoms with Gasteiger partial charge in [-0.25, -0.2) is 9.67 Å². The van der Waals surface area contributed by atoms with Crippen molar-refractivity contribution in [3.8, 4) is 0 Å². The van der Waals surface area contributed by atoms with Gasteiger partial charge in [-0.15, -0.1) is 28.2 Å². The molecule has 35 heavy (non-hydrogen) atoms. The van der Waals surface area contributed by atoms with Gasteiger partial charge in [0, 0.05) is 30.5 Å². The molecule has 188 valence electrons. The van der Waals surface area contributed by atoms with Crippen molar-refractivity contribution in [2.24, 2.45) is 17.6 Å². The van der Waals surface area contributed by atoms with Gasteiger partial charge in [0.1, 0.15) is 22.5 Å². The predicted molar refractivity (Wildman–Crippen MR) is 120 cm³/mol. The third-order valence-electron chi connectivity index (χ3n) is 5.15. The maximum Gasteiger partial charge on any atom is 0.407 e. The van der Waals surface area contributed by atoms with Gasteiger partial charge in [0.25, 0.3) is 5.91 Å². The molecule has 2 saturated heterocycles. The number of carboxylic acids is 1. The number of thiazole rings is 1. The van der Waals surface area contributed by atoms with Crippen molar-refractivity contribution in [2.75, 3.05) is 23.8 Å². The second kappa shape index (κ2) is 9.90. The fraction of sp³-hybridized carbons (Fsp3) is 0.500. The van der Waals surface area contributed by atoms with E-state index in [9.17, 15) is 28.3 Å². The molecule has 2 aromatic rings. The van der Waals surface area contributed by atoms with E-state index >= 15 is 0 Å². The molecule has 0 spiro atoms. The highest BCUT2D eigenvalue weighted by molar-refractivity contribution is 8.00. The van der Waals surface area contributed by atoms with Crippen LogP contribution in [0.2, 0.25) is 0 Å². The van der Waals surface area contributed by atoms with Gasteiger partial charge in [0.2, 0.25) is 11.1 Å². The van der Waals surface area contributed by atoms with Crippen molar-refractivity contribution in [1.82, 2.24) is 35.4 Å². The molecule has 14 nitrogen and oxygen atoms in total. The van der Waals surface area contributed by atoms with E-state index in [-0.39, 0.29) is 28.9 Å². The Labute approximate surface area is 207 Å². The van der Waals surface area contributed by atoms with E-state index in [4.69, 9.17) is 5.73 Å².